The molecule has 1 unspecified atom stereocenters. The molecule has 5 rings (SSSR count). The van der Waals surface area contributed by atoms with E-state index in [0.29, 0.717) is 35.3 Å². The molecule has 1 atom stereocenters. The number of carbonyl (C=O) groups excluding carboxylic acids is 1. The zero-order chi connectivity index (χ0) is 24.4. The Balaban J connectivity index is 1.18. The summed E-state index contributed by atoms with van der Waals surface area (Å²) < 4.78 is 15.1. The first-order valence-electron chi connectivity index (χ1n) is 11.3. The van der Waals surface area contributed by atoms with Crippen molar-refractivity contribution >= 4 is 22.8 Å². The lowest BCUT2D eigenvalue weighted by Crippen LogP contribution is -2.39. The van der Waals surface area contributed by atoms with Gasteiger partial charge in [-0.15, -0.1) is 0 Å². The number of pyridine rings is 1. The number of hydrogen-bond donors (Lipinski definition) is 5. The Morgan fingerprint density at radius 2 is 2.14 bits per heavy atom. The summed E-state index contributed by atoms with van der Waals surface area (Å²) in [7, 11) is 0. The fraction of sp³-hybridized carbons (Fsp3) is 0.250. The minimum absolute atomic E-state index is 0.0861. The second kappa shape index (κ2) is 9.45. The smallest absolute Gasteiger partial charge is 0.293 e. The van der Waals surface area contributed by atoms with Gasteiger partial charge in [-0.1, -0.05) is 6.08 Å². The number of aryl methyl sites for hydroxylation is 1. The van der Waals surface area contributed by atoms with Gasteiger partial charge < -0.3 is 26.3 Å². The third kappa shape index (κ3) is 4.79. The minimum Gasteiger partial charge on any atom is -0.368 e. The van der Waals surface area contributed by atoms with Crippen LogP contribution in [0.25, 0.3) is 11.0 Å². The van der Waals surface area contributed by atoms with Crippen LogP contribution in [0.2, 0.25) is 0 Å². The summed E-state index contributed by atoms with van der Waals surface area (Å²) in [6.07, 6.45) is 13.1. The van der Waals surface area contributed by atoms with Gasteiger partial charge in [0.15, 0.2) is 5.82 Å². The molecule has 0 aliphatic carbocycles. The van der Waals surface area contributed by atoms with Crippen LogP contribution >= 0.6 is 0 Å². The first-order chi connectivity index (χ1) is 17.0. The average molecular weight is 477 g/mol. The highest BCUT2D eigenvalue weighted by atomic mass is 19.1. The standard InChI is InChI=1S/C24H25FN8O2/c1-14-9-29-23(27-7-5-17-3-2-16-4-6-26-21(16)32-17)24(35)33(14)13-20(34)28-10-15-8-18-19(25)12-31-22(18)30-11-15/h2-4,6,8-9,11-12,21,26,32H,5,7,10,13H2,1H3,(H,27,29)(H,28,34)(H,30,31). The topological polar surface area (TPSA) is 129 Å². The predicted octanol–water partition coefficient (Wildman–Crippen LogP) is 1.54. The Hall–Kier alpha value is -4.41. The van der Waals surface area contributed by atoms with E-state index in [9.17, 15) is 14.0 Å². The Kier molecular flexibility index (Phi) is 6.04. The van der Waals surface area contributed by atoms with Crippen molar-refractivity contribution in [1.82, 2.24) is 35.5 Å². The van der Waals surface area contributed by atoms with Crippen molar-refractivity contribution in [2.75, 3.05) is 11.9 Å². The molecule has 0 spiro atoms. The lowest BCUT2D eigenvalue weighted by Gasteiger charge is -2.22. The monoisotopic (exact) mass is 476 g/mol. The molecule has 0 aromatic carbocycles. The SMILES string of the molecule is Cc1cnc(NCCC2=CC=C3C=CNC3N2)c(=O)n1CC(=O)NCc1cnc2[nH]cc(F)c2c1. The van der Waals surface area contributed by atoms with E-state index >= 15 is 0 Å². The Morgan fingerprint density at radius 1 is 1.26 bits per heavy atom. The molecule has 35 heavy (non-hydrogen) atoms. The van der Waals surface area contributed by atoms with Crippen LogP contribution in [0.1, 0.15) is 17.7 Å². The van der Waals surface area contributed by atoms with Crippen LogP contribution in [0.4, 0.5) is 10.2 Å². The number of fused-ring (bicyclic) bond motifs is 2. The van der Waals surface area contributed by atoms with Gasteiger partial charge in [-0.2, -0.15) is 0 Å². The summed E-state index contributed by atoms with van der Waals surface area (Å²) in [5.74, 6) is -0.559. The van der Waals surface area contributed by atoms with Crippen molar-refractivity contribution in [1.29, 1.82) is 0 Å². The molecule has 2 aliphatic rings. The van der Waals surface area contributed by atoms with E-state index in [1.165, 1.54) is 16.3 Å². The molecule has 0 bridgehead atoms. The number of anilines is 1. The number of hydrogen-bond acceptors (Lipinski definition) is 7. The van der Waals surface area contributed by atoms with Crippen molar-refractivity contribution in [3.63, 3.8) is 0 Å². The second-order valence-corrected chi connectivity index (χ2v) is 8.41. The molecule has 11 heteroatoms. The van der Waals surface area contributed by atoms with Crippen LogP contribution in [0.3, 0.4) is 0 Å². The summed E-state index contributed by atoms with van der Waals surface area (Å²) in [4.78, 5) is 36.6. The van der Waals surface area contributed by atoms with Crippen molar-refractivity contribution < 1.29 is 9.18 Å². The number of allylic oxidation sites excluding steroid dienone is 2. The van der Waals surface area contributed by atoms with Gasteiger partial charge in [0.1, 0.15) is 24.2 Å². The molecule has 180 valence electrons. The van der Waals surface area contributed by atoms with Gasteiger partial charge >= 0.3 is 0 Å². The number of H-pyrrole nitrogens is 1. The number of carbonyl (C=O) groups is 1. The van der Waals surface area contributed by atoms with Gasteiger partial charge in [0, 0.05) is 49.5 Å². The minimum atomic E-state index is -0.399. The van der Waals surface area contributed by atoms with E-state index in [-0.39, 0.29) is 36.5 Å². The molecule has 5 N–H and O–H groups in total. The molecule has 3 aromatic heterocycles. The molecule has 3 aromatic rings. The van der Waals surface area contributed by atoms with Crippen LogP contribution in [0, 0.1) is 12.7 Å². The quantitative estimate of drug-likeness (QED) is 0.334. The zero-order valence-electron chi connectivity index (χ0n) is 19.1. The van der Waals surface area contributed by atoms with E-state index in [2.05, 4.69) is 42.3 Å². The van der Waals surface area contributed by atoms with Gasteiger partial charge in [-0.25, -0.2) is 14.4 Å². The molecule has 1 amide bonds. The Morgan fingerprint density at radius 3 is 3.03 bits per heavy atom. The number of nitrogens with one attached hydrogen (secondary N) is 5. The molecule has 0 saturated carbocycles. The van der Waals surface area contributed by atoms with Crippen molar-refractivity contribution in [3.8, 4) is 0 Å². The highest BCUT2D eigenvalue weighted by molar-refractivity contribution is 5.78. The summed E-state index contributed by atoms with van der Waals surface area (Å²) >= 11 is 0. The Bertz CT molecular complexity index is 1440. The number of rotatable bonds is 8. The fourth-order valence-electron chi connectivity index (χ4n) is 4.01. The summed E-state index contributed by atoms with van der Waals surface area (Å²) in [6.45, 7) is 2.24. The third-order valence-electron chi connectivity index (χ3n) is 5.95. The summed E-state index contributed by atoms with van der Waals surface area (Å²) in [6, 6.07) is 1.63. The number of amides is 1. The molecule has 0 radical (unpaired) electrons. The number of aromatic nitrogens is 4. The maximum absolute atomic E-state index is 13.8. The fourth-order valence-corrected chi connectivity index (χ4v) is 4.01. The van der Waals surface area contributed by atoms with Crippen LogP contribution in [0.5, 0.6) is 0 Å². The maximum atomic E-state index is 13.8. The van der Waals surface area contributed by atoms with Gasteiger partial charge in [0.2, 0.25) is 5.91 Å². The van der Waals surface area contributed by atoms with E-state index in [4.69, 9.17) is 0 Å². The van der Waals surface area contributed by atoms with E-state index in [1.807, 2.05) is 18.4 Å². The number of dihydropyridines is 1. The lowest BCUT2D eigenvalue weighted by atomic mass is 10.1. The molecule has 2 aliphatic heterocycles. The average Bonchev–Trinajstić information content (AvgIpc) is 3.48. The normalized spacial score (nSPS) is 16.2. The molecular weight excluding hydrogens is 451 g/mol. The molecular formula is C24H25FN8O2. The molecule has 5 heterocycles. The highest BCUT2D eigenvalue weighted by Crippen LogP contribution is 2.17. The number of aromatic amines is 1. The van der Waals surface area contributed by atoms with Crippen molar-refractivity contribution in [2.45, 2.75) is 32.6 Å². The summed E-state index contributed by atoms with van der Waals surface area (Å²) in [5.41, 5.74) is 3.52. The van der Waals surface area contributed by atoms with E-state index < -0.39 is 5.82 Å². The van der Waals surface area contributed by atoms with E-state index in [0.717, 1.165) is 5.70 Å². The summed E-state index contributed by atoms with van der Waals surface area (Å²) in [5, 5.41) is 12.8. The predicted molar refractivity (Wildman–Crippen MR) is 130 cm³/mol. The number of nitrogens with zero attached hydrogens (tertiary/aromatic N) is 3. The second-order valence-electron chi connectivity index (χ2n) is 8.41. The zero-order valence-corrected chi connectivity index (χ0v) is 19.1. The lowest BCUT2D eigenvalue weighted by molar-refractivity contribution is -0.121. The van der Waals surface area contributed by atoms with Crippen LogP contribution in [-0.2, 0) is 17.9 Å². The molecule has 0 fully saturated rings. The van der Waals surface area contributed by atoms with Crippen LogP contribution in [-0.4, -0.2) is 38.1 Å². The van der Waals surface area contributed by atoms with Crippen molar-refractivity contribution in [3.05, 3.63) is 87.8 Å². The van der Waals surface area contributed by atoms with Gasteiger partial charge in [0.05, 0.1) is 5.39 Å². The van der Waals surface area contributed by atoms with Crippen LogP contribution in [0.15, 0.2) is 65.1 Å². The molecule has 10 nitrogen and oxygen atoms in total. The molecule has 0 saturated heterocycles. The van der Waals surface area contributed by atoms with Gasteiger partial charge in [0.25, 0.3) is 5.56 Å². The van der Waals surface area contributed by atoms with E-state index in [1.54, 1.807) is 25.4 Å². The Labute approximate surface area is 200 Å². The first-order valence-corrected chi connectivity index (χ1v) is 11.3. The number of halogens is 1. The third-order valence-corrected chi connectivity index (χ3v) is 5.95. The van der Waals surface area contributed by atoms with Crippen LogP contribution < -0.4 is 26.8 Å². The largest absolute Gasteiger partial charge is 0.368 e. The van der Waals surface area contributed by atoms with Gasteiger partial charge in [-0.3, -0.25) is 14.2 Å². The van der Waals surface area contributed by atoms with Crippen molar-refractivity contribution in [2.24, 2.45) is 0 Å². The maximum Gasteiger partial charge on any atom is 0.293 e. The first kappa shape index (κ1) is 22.4. The highest BCUT2D eigenvalue weighted by Gasteiger charge is 2.18. The van der Waals surface area contributed by atoms with Gasteiger partial charge in [-0.05, 0) is 42.5 Å².